The van der Waals surface area contributed by atoms with E-state index in [1.54, 1.807) is 0 Å². The molecule has 0 bridgehead atoms. The van der Waals surface area contributed by atoms with Gasteiger partial charge in [-0.15, -0.1) is 0 Å². The summed E-state index contributed by atoms with van der Waals surface area (Å²) in [5.74, 6) is 0. The maximum Gasteiger partial charge on any atom is 0.0435 e. The van der Waals surface area contributed by atoms with Crippen molar-refractivity contribution in [1.82, 2.24) is 5.32 Å². The van der Waals surface area contributed by atoms with Gasteiger partial charge < -0.3 is 5.32 Å². The normalized spacial score (nSPS) is 12.4. The molecule has 20 heavy (non-hydrogen) atoms. The molecule has 2 aromatic carbocycles. The molecule has 2 aromatic rings. The Labute approximate surface area is 134 Å². The highest BCUT2D eigenvalue weighted by molar-refractivity contribution is 9.10. The van der Waals surface area contributed by atoms with Crippen LogP contribution in [0.5, 0.6) is 0 Å². The molecule has 0 saturated carbocycles. The molecule has 1 nitrogen and oxygen atoms in total. The number of hydrogen-bond acceptors (Lipinski definition) is 1. The van der Waals surface area contributed by atoms with Crippen LogP contribution < -0.4 is 5.32 Å². The van der Waals surface area contributed by atoms with Crippen molar-refractivity contribution in [3.05, 3.63) is 68.7 Å². The van der Waals surface area contributed by atoms with Crippen molar-refractivity contribution in [2.75, 3.05) is 6.54 Å². The van der Waals surface area contributed by atoms with Gasteiger partial charge in [0, 0.05) is 15.5 Å². The number of rotatable bonds is 5. The van der Waals surface area contributed by atoms with Gasteiger partial charge in [0.25, 0.3) is 0 Å². The lowest BCUT2D eigenvalue weighted by atomic mass is 9.97. The fourth-order valence-electron chi connectivity index (χ4n) is 2.34. The summed E-state index contributed by atoms with van der Waals surface area (Å²) in [6, 6.07) is 15.1. The predicted octanol–water partition coefficient (Wildman–Crippen LogP) is 5.30. The zero-order valence-corrected chi connectivity index (χ0v) is 14.1. The molecule has 0 amide bonds. The molecule has 0 fully saturated rings. The van der Waals surface area contributed by atoms with Gasteiger partial charge in [-0.3, -0.25) is 0 Å². The van der Waals surface area contributed by atoms with Gasteiger partial charge in [-0.1, -0.05) is 58.7 Å². The number of nitrogens with one attached hydrogen (secondary N) is 1. The Bertz CT molecular complexity index is 583. The zero-order chi connectivity index (χ0) is 14.5. The van der Waals surface area contributed by atoms with E-state index >= 15 is 0 Å². The molecule has 1 unspecified atom stereocenters. The Morgan fingerprint density at radius 3 is 2.65 bits per heavy atom. The first-order valence-corrected chi connectivity index (χ1v) is 8.01. The molecule has 106 valence electrons. The van der Waals surface area contributed by atoms with Crippen LogP contribution >= 0.6 is 27.5 Å². The van der Waals surface area contributed by atoms with Gasteiger partial charge in [0.05, 0.1) is 0 Å². The minimum absolute atomic E-state index is 0.310. The first-order chi connectivity index (χ1) is 9.60. The summed E-state index contributed by atoms with van der Waals surface area (Å²) in [6.07, 6.45) is 0.967. The van der Waals surface area contributed by atoms with E-state index in [2.05, 4.69) is 64.6 Å². The second-order valence-electron chi connectivity index (χ2n) is 4.95. The molecule has 0 spiro atoms. The lowest BCUT2D eigenvalue weighted by molar-refractivity contribution is 0.549. The van der Waals surface area contributed by atoms with Gasteiger partial charge in [-0.25, -0.2) is 0 Å². The van der Waals surface area contributed by atoms with E-state index in [-0.39, 0.29) is 0 Å². The third kappa shape index (κ3) is 4.08. The molecule has 0 aliphatic carbocycles. The van der Waals surface area contributed by atoms with E-state index in [1.807, 2.05) is 13.0 Å². The molecular formula is C17H19BrClN. The van der Waals surface area contributed by atoms with Crippen molar-refractivity contribution in [2.24, 2.45) is 0 Å². The third-order valence-corrected chi connectivity index (χ3v) is 4.28. The molecule has 0 saturated heterocycles. The SMILES string of the molecule is CCNC(Cc1cccc(Br)c1)c1ccc(Cl)c(C)c1. The molecular weight excluding hydrogens is 334 g/mol. The molecule has 0 heterocycles. The van der Waals surface area contributed by atoms with Gasteiger partial charge in [0.1, 0.15) is 0 Å². The fourth-order valence-corrected chi connectivity index (χ4v) is 2.90. The lowest BCUT2D eigenvalue weighted by Gasteiger charge is -2.19. The summed E-state index contributed by atoms with van der Waals surface area (Å²) in [4.78, 5) is 0. The number of likely N-dealkylation sites (N-methyl/N-ethyl adjacent to an activating group) is 1. The lowest BCUT2D eigenvalue weighted by Crippen LogP contribution is -2.23. The van der Waals surface area contributed by atoms with Crippen LogP contribution in [-0.4, -0.2) is 6.54 Å². The topological polar surface area (TPSA) is 12.0 Å². The van der Waals surface area contributed by atoms with E-state index < -0.39 is 0 Å². The Kier molecular flexibility index (Phi) is 5.64. The number of halogens is 2. The maximum atomic E-state index is 6.12. The standard InChI is InChI=1S/C17H19BrClN/c1-3-20-17(11-13-5-4-6-15(18)10-13)14-7-8-16(19)12(2)9-14/h4-10,17,20H,3,11H2,1-2H3. The van der Waals surface area contributed by atoms with Crippen LogP contribution in [0.3, 0.4) is 0 Å². The number of hydrogen-bond donors (Lipinski definition) is 1. The first-order valence-electron chi connectivity index (χ1n) is 6.84. The largest absolute Gasteiger partial charge is 0.310 e. The van der Waals surface area contributed by atoms with E-state index in [0.717, 1.165) is 28.0 Å². The molecule has 0 aromatic heterocycles. The minimum Gasteiger partial charge on any atom is -0.310 e. The van der Waals surface area contributed by atoms with Gasteiger partial charge in [-0.05, 0) is 54.8 Å². The molecule has 1 atom stereocenters. The molecule has 0 radical (unpaired) electrons. The average Bonchev–Trinajstić information content (AvgIpc) is 2.41. The van der Waals surface area contributed by atoms with Crippen LogP contribution in [0, 0.1) is 6.92 Å². The monoisotopic (exact) mass is 351 g/mol. The van der Waals surface area contributed by atoms with Crippen molar-refractivity contribution >= 4 is 27.5 Å². The van der Waals surface area contributed by atoms with Crippen LogP contribution in [0.4, 0.5) is 0 Å². The third-order valence-electron chi connectivity index (χ3n) is 3.36. The van der Waals surface area contributed by atoms with Crippen LogP contribution in [0.2, 0.25) is 5.02 Å². The number of benzene rings is 2. The van der Waals surface area contributed by atoms with Gasteiger partial charge >= 0.3 is 0 Å². The average molecular weight is 353 g/mol. The molecule has 1 N–H and O–H groups in total. The number of aryl methyl sites for hydroxylation is 1. The quantitative estimate of drug-likeness (QED) is 0.769. The van der Waals surface area contributed by atoms with Crippen molar-refractivity contribution in [2.45, 2.75) is 26.3 Å². The van der Waals surface area contributed by atoms with Crippen molar-refractivity contribution < 1.29 is 0 Å². The van der Waals surface area contributed by atoms with Crippen molar-refractivity contribution in [3.8, 4) is 0 Å². The molecule has 0 aliphatic rings. The highest BCUT2D eigenvalue weighted by atomic mass is 79.9. The Balaban J connectivity index is 2.24. The summed E-state index contributed by atoms with van der Waals surface area (Å²) in [5, 5.41) is 4.38. The Hall–Kier alpha value is -0.830. The van der Waals surface area contributed by atoms with Crippen LogP contribution in [0.15, 0.2) is 46.9 Å². The summed E-state index contributed by atoms with van der Waals surface area (Å²) in [7, 11) is 0. The first kappa shape index (κ1) is 15.6. The van der Waals surface area contributed by atoms with Crippen LogP contribution in [0.25, 0.3) is 0 Å². The molecule has 0 aliphatic heterocycles. The Morgan fingerprint density at radius 1 is 1.20 bits per heavy atom. The van der Waals surface area contributed by atoms with Gasteiger partial charge in [-0.2, -0.15) is 0 Å². The summed E-state index contributed by atoms with van der Waals surface area (Å²) < 4.78 is 1.12. The van der Waals surface area contributed by atoms with Crippen molar-refractivity contribution in [3.63, 3.8) is 0 Å². The minimum atomic E-state index is 0.310. The molecule has 3 heteroatoms. The van der Waals surface area contributed by atoms with Crippen LogP contribution in [0.1, 0.15) is 29.7 Å². The van der Waals surface area contributed by atoms with Crippen molar-refractivity contribution in [1.29, 1.82) is 0 Å². The summed E-state index contributed by atoms with van der Waals surface area (Å²) in [6.45, 7) is 5.13. The summed E-state index contributed by atoms with van der Waals surface area (Å²) in [5.41, 5.74) is 3.73. The summed E-state index contributed by atoms with van der Waals surface area (Å²) >= 11 is 9.65. The fraction of sp³-hybridized carbons (Fsp3) is 0.294. The zero-order valence-electron chi connectivity index (χ0n) is 11.8. The second-order valence-corrected chi connectivity index (χ2v) is 6.28. The predicted molar refractivity (Wildman–Crippen MR) is 90.5 cm³/mol. The second kappa shape index (κ2) is 7.26. The van der Waals surface area contributed by atoms with E-state index in [4.69, 9.17) is 11.6 Å². The highest BCUT2D eigenvalue weighted by Gasteiger charge is 2.12. The maximum absolute atomic E-state index is 6.12. The van der Waals surface area contributed by atoms with Gasteiger partial charge in [0.2, 0.25) is 0 Å². The van der Waals surface area contributed by atoms with E-state index in [0.29, 0.717) is 6.04 Å². The van der Waals surface area contributed by atoms with Crippen LogP contribution in [-0.2, 0) is 6.42 Å². The smallest absolute Gasteiger partial charge is 0.0435 e. The van der Waals surface area contributed by atoms with E-state index in [9.17, 15) is 0 Å². The highest BCUT2D eigenvalue weighted by Crippen LogP contribution is 2.24. The van der Waals surface area contributed by atoms with E-state index in [1.165, 1.54) is 11.1 Å². The Morgan fingerprint density at radius 2 is 2.00 bits per heavy atom. The van der Waals surface area contributed by atoms with Gasteiger partial charge in [0.15, 0.2) is 0 Å². The molecule has 2 rings (SSSR count).